The lowest BCUT2D eigenvalue weighted by Crippen LogP contribution is -2.44. The number of hydrogen-bond donors (Lipinski definition) is 2. The molecule has 0 aliphatic carbocycles. The fourth-order valence-electron chi connectivity index (χ4n) is 2.55. The second kappa shape index (κ2) is 5.45. The van der Waals surface area contributed by atoms with Gasteiger partial charge < -0.3 is 19.9 Å². The predicted octanol–water partition coefficient (Wildman–Crippen LogP) is -0.589. The molecule has 2 N–H and O–H groups in total. The minimum Gasteiger partial charge on any atom is -0.486 e. The summed E-state index contributed by atoms with van der Waals surface area (Å²) in [5.74, 6) is 0.978. The molecule has 3 rings (SSSR count). The Balaban J connectivity index is 1.90. The molecule has 2 aliphatic rings. The first-order chi connectivity index (χ1) is 10.00. The highest BCUT2D eigenvalue weighted by Gasteiger charge is 2.36. The minimum absolute atomic E-state index is 0.133. The van der Waals surface area contributed by atoms with Crippen LogP contribution in [0.3, 0.4) is 0 Å². The normalized spacial score (nSPS) is 25.3. The topological polar surface area (TPSA) is 88.1 Å². The second-order valence-electron chi connectivity index (χ2n) is 5.12. The molecule has 2 atom stereocenters. The Kier molecular flexibility index (Phi) is 3.78. The summed E-state index contributed by atoms with van der Waals surface area (Å²) < 4.78 is 37.3. The standard InChI is InChI=1S/C13H18N2O5S/c1-15(10-7-14-8-11(10)16)21(17,18)9-2-3-12-13(6-9)20-5-4-19-12/h2-3,6,10-11,14,16H,4-5,7-8H2,1H3/t10-,11-/m1/s1. The molecule has 7 nitrogen and oxygen atoms in total. The van der Waals surface area contributed by atoms with Gasteiger partial charge in [-0.1, -0.05) is 0 Å². The van der Waals surface area contributed by atoms with Crippen molar-refractivity contribution >= 4 is 10.0 Å². The fraction of sp³-hybridized carbons (Fsp3) is 0.538. The Labute approximate surface area is 123 Å². The third kappa shape index (κ3) is 2.59. The number of aliphatic hydroxyl groups is 1. The molecule has 0 radical (unpaired) electrons. The van der Waals surface area contributed by atoms with Crippen LogP contribution in [0.5, 0.6) is 11.5 Å². The largest absolute Gasteiger partial charge is 0.486 e. The molecule has 8 heteroatoms. The van der Waals surface area contributed by atoms with Gasteiger partial charge in [0.1, 0.15) is 13.2 Å². The van der Waals surface area contributed by atoms with Crippen molar-refractivity contribution in [3.8, 4) is 11.5 Å². The van der Waals surface area contributed by atoms with E-state index in [-0.39, 0.29) is 4.90 Å². The molecule has 0 amide bonds. The van der Waals surface area contributed by atoms with Crippen molar-refractivity contribution < 1.29 is 23.0 Å². The summed E-state index contributed by atoms with van der Waals surface area (Å²) in [6, 6.07) is 4.09. The number of fused-ring (bicyclic) bond motifs is 1. The van der Waals surface area contributed by atoms with E-state index in [0.29, 0.717) is 37.8 Å². The summed E-state index contributed by atoms with van der Waals surface area (Å²) in [6.45, 7) is 1.68. The van der Waals surface area contributed by atoms with E-state index in [1.54, 1.807) is 6.07 Å². The van der Waals surface area contributed by atoms with Crippen LogP contribution in [0.25, 0.3) is 0 Å². The SMILES string of the molecule is CN([C@@H]1CNC[C@H]1O)S(=O)(=O)c1ccc2c(c1)OCCO2. The minimum atomic E-state index is -3.69. The van der Waals surface area contributed by atoms with Crippen LogP contribution in [0.1, 0.15) is 0 Å². The van der Waals surface area contributed by atoms with Gasteiger partial charge in [-0.2, -0.15) is 4.31 Å². The maximum Gasteiger partial charge on any atom is 0.243 e. The summed E-state index contributed by atoms with van der Waals surface area (Å²) in [7, 11) is -2.21. The van der Waals surface area contributed by atoms with E-state index in [2.05, 4.69) is 5.32 Å². The first-order valence-electron chi connectivity index (χ1n) is 6.76. The van der Waals surface area contributed by atoms with Crippen LogP contribution < -0.4 is 14.8 Å². The zero-order chi connectivity index (χ0) is 15.0. The van der Waals surface area contributed by atoms with Gasteiger partial charge in [-0.05, 0) is 12.1 Å². The predicted molar refractivity (Wildman–Crippen MR) is 75.0 cm³/mol. The number of rotatable bonds is 3. The molecule has 1 aromatic rings. The van der Waals surface area contributed by atoms with Gasteiger partial charge in [0.2, 0.25) is 10.0 Å². The van der Waals surface area contributed by atoms with E-state index in [1.165, 1.54) is 23.5 Å². The van der Waals surface area contributed by atoms with Crippen LogP contribution in [-0.2, 0) is 10.0 Å². The van der Waals surface area contributed by atoms with Crippen molar-refractivity contribution in [1.29, 1.82) is 0 Å². The van der Waals surface area contributed by atoms with Crippen molar-refractivity contribution in [3.63, 3.8) is 0 Å². The van der Waals surface area contributed by atoms with E-state index >= 15 is 0 Å². The summed E-state index contributed by atoms with van der Waals surface area (Å²) in [5.41, 5.74) is 0. The summed E-state index contributed by atoms with van der Waals surface area (Å²) in [5, 5.41) is 12.8. The number of benzene rings is 1. The number of nitrogens with zero attached hydrogens (tertiary/aromatic N) is 1. The summed E-state index contributed by atoms with van der Waals surface area (Å²) >= 11 is 0. The van der Waals surface area contributed by atoms with E-state index < -0.39 is 22.2 Å². The van der Waals surface area contributed by atoms with Gasteiger partial charge in [0.05, 0.1) is 17.0 Å². The molecule has 21 heavy (non-hydrogen) atoms. The number of hydrogen-bond acceptors (Lipinski definition) is 6. The van der Waals surface area contributed by atoms with Crippen LogP contribution in [-0.4, -0.2) is 63.3 Å². The van der Waals surface area contributed by atoms with E-state index in [4.69, 9.17) is 9.47 Å². The average molecular weight is 314 g/mol. The first kappa shape index (κ1) is 14.6. The van der Waals surface area contributed by atoms with Crippen LogP contribution in [0, 0.1) is 0 Å². The lowest BCUT2D eigenvalue weighted by molar-refractivity contribution is 0.136. The number of sulfonamides is 1. The molecule has 1 aromatic carbocycles. The highest BCUT2D eigenvalue weighted by molar-refractivity contribution is 7.89. The Bertz CT molecular complexity index is 633. The molecular weight excluding hydrogens is 296 g/mol. The van der Waals surface area contributed by atoms with Crippen LogP contribution in [0.15, 0.2) is 23.1 Å². The van der Waals surface area contributed by atoms with E-state index in [9.17, 15) is 13.5 Å². The smallest absolute Gasteiger partial charge is 0.243 e. The number of ether oxygens (including phenoxy) is 2. The lowest BCUT2D eigenvalue weighted by Gasteiger charge is -2.26. The molecule has 1 saturated heterocycles. The number of β-amino-alcohol motifs (C(OH)–C–C–N with tert-alkyl or cyclic N) is 1. The van der Waals surface area contributed by atoms with Gasteiger partial charge in [-0.15, -0.1) is 0 Å². The maximum atomic E-state index is 12.6. The Morgan fingerprint density at radius 3 is 2.62 bits per heavy atom. The van der Waals surface area contributed by atoms with Crippen molar-refractivity contribution in [3.05, 3.63) is 18.2 Å². The molecule has 0 bridgehead atoms. The van der Waals surface area contributed by atoms with Crippen LogP contribution in [0.4, 0.5) is 0 Å². The highest BCUT2D eigenvalue weighted by Crippen LogP contribution is 2.33. The van der Waals surface area contributed by atoms with Gasteiger partial charge in [0.25, 0.3) is 0 Å². The van der Waals surface area contributed by atoms with Crippen molar-refractivity contribution in [2.24, 2.45) is 0 Å². The summed E-state index contributed by atoms with van der Waals surface area (Å²) in [6.07, 6.45) is -0.706. The Hall–Kier alpha value is -1.35. The average Bonchev–Trinajstić information content (AvgIpc) is 2.92. The highest BCUT2D eigenvalue weighted by atomic mass is 32.2. The van der Waals surface area contributed by atoms with E-state index in [1.807, 2.05) is 0 Å². The summed E-state index contributed by atoms with van der Waals surface area (Å²) in [4.78, 5) is 0.133. The van der Waals surface area contributed by atoms with E-state index in [0.717, 1.165) is 0 Å². The molecule has 0 spiro atoms. The molecule has 1 fully saturated rings. The van der Waals surface area contributed by atoms with Gasteiger partial charge in [0.15, 0.2) is 11.5 Å². The van der Waals surface area contributed by atoms with Crippen molar-refractivity contribution in [1.82, 2.24) is 9.62 Å². The molecule has 0 saturated carbocycles. The second-order valence-corrected chi connectivity index (χ2v) is 7.12. The van der Waals surface area contributed by atoms with Gasteiger partial charge in [-0.3, -0.25) is 0 Å². The lowest BCUT2D eigenvalue weighted by atomic mass is 10.2. The van der Waals surface area contributed by atoms with Crippen molar-refractivity contribution in [2.45, 2.75) is 17.0 Å². The van der Waals surface area contributed by atoms with Gasteiger partial charge >= 0.3 is 0 Å². The molecule has 0 unspecified atom stereocenters. The zero-order valence-electron chi connectivity index (χ0n) is 11.7. The zero-order valence-corrected chi connectivity index (χ0v) is 12.5. The molecule has 2 aliphatic heterocycles. The van der Waals surface area contributed by atoms with Gasteiger partial charge in [0, 0.05) is 26.2 Å². The Morgan fingerprint density at radius 1 is 1.24 bits per heavy atom. The molecule has 0 aromatic heterocycles. The number of nitrogens with one attached hydrogen (secondary N) is 1. The van der Waals surface area contributed by atoms with Crippen LogP contribution in [0.2, 0.25) is 0 Å². The molecular formula is C13H18N2O5S. The van der Waals surface area contributed by atoms with Crippen molar-refractivity contribution in [2.75, 3.05) is 33.4 Å². The number of aliphatic hydroxyl groups excluding tert-OH is 1. The fourth-order valence-corrected chi connectivity index (χ4v) is 3.95. The molecule has 2 heterocycles. The Morgan fingerprint density at radius 2 is 1.95 bits per heavy atom. The third-order valence-electron chi connectivity index (χ3n) is 3.81. The van der Waals surface area contributed by atoms with Gasteiger partial charge in [-0.25, -0.2) is 8.42 Å². The first-order valence-corrected chi connectivity index (χ1v) is 8.20. The quantitative estimate of drug-likeness (QED) is 0.775. The maximum absolute atomic E-state index is 12.6. The number of likely N-dealkylation sites (N-methyl/N-ethyl adjacent to an activating group) is 1. The monoisotopic (exact) mass is 314 g/mol. The van der Waals surface area contributed by atoms with Crippen LogP contribution >= 0.6 is 0 Å². The molecule has 116 valence electrons. The third-order valence-corrected chi connectivity index (χ3v) is 5.69.